The summed E-state index contributed by atoms with van der Waals surface area (Å²) in [5.74, 6) is -0.268. The second-order valence-corrected chi connectivity index (χ2v) is 5.65. The second-order valence-electron chi connectivity index (χ2n) is 5.65. The van der Waals surface area contributed by atoms with Crippen molar-refractivity contribution < 1.29 is 14.3 Å². The number of benzene rings is 1. The van der Waals surface area contributed by atoms with E-state index in [1.807, 2.05) is 31.5 Å². The molecule has 128 valence electrons. The number of nitrogens with zero attached hydrogens (tertiary/aromatic N) is 2. The fraction of sp³-hybridized carbons (Fsp3) is 0.353. The Bertz CT molecular complexity index is 739. The van der Waals surface area contributed by atoms with Gasteiger partial charge in [0.2, 0.25) is 0 Å². The smallest absolute Gasteiger partial charge is 0.411 e. The average Bonchev–Trinajstić information content (AvgIpc) is 2.84. The molecule has 0 spiro atoms. The van der Waals surface area contributed by atoms with E-state index in [1.54, 1.807) is 24.3 Å². The van der Waals surface area contributed by atoms with Crippen LogP contribution >= 0.6 is 0 Å². The summed E-state index contributed by atoms with van der Waals surface area (Å²) in [7, 11) is 1.27. The molecule has 0 radical (unpaired) electrons. The van der Waals surface area contributed by atoms with E-state index in [0.717, 1.165) is 11.4 Å². The number of rotatable bonds is 5. The molecule has 7 heteroatoms. The molecule has 7 nitrogen and oxygen atoms in total. The third-order valence-corrected chi connectivity index (χ3v) is 3.52. The molecule has 0 fully saturated rings. The molecule has 2 amide bonds. The van der Waals surface area contributed by atoms with Crippen LogP contribution in [0.4, 0.5) is 10.5 Å². The third kappa shape index (κ3) is 4.34. The number of aryl methyl sites for hydroxylation is 2. The molecule has 0 aliphatic heterocycles. The molecule has 2 N–H and O–H groups in total. The van der Waals surface area contributed by atoms with Crippen molar-refractivity contribution in [3.05, 3.63) is 47.3 Å². The molecule has 0 aliphatic carbocycles. The van der Waals surface area contributed by atoms with Crippen LogP contribution in [0.1, 0.15) is 28.7 Å². The molecule has 0 aliphatic rings. The van der Waals surface area contributed by atoms with Gasteiger partial charge in [0.15, 0.2) is 0 Å². The number of hydrogen-bond acceptors (Lipinski definition) is 4. The normalized spacial score (nSPS) is 11.7. The largest absolute Gasteiger partial charge is 0.453 e. The molecule has 2 aromatic rings. The molecule has 0 saturated carbocycles. The quantitative estimate of drug-likeness (QED) is 0.882. The maximum absolute atomic E-state index is 12.5. The highest BCUT2D eigenvalue weighted by Gasteiger charge is 2.16. The van der Waals surface area contributed by atoms with Gasteiger partial charge in [-0.15, -0.1) is 0 Å². The number of ether oxygens (including phenoxy) is 1. The Balaban J connectivity index is 2.06. The highest BCUT2D eigenvalue weighted by molar-refractivity contribution is 6.02. The fourth-order valence-corrected chi connectivity index (χ4v) is 2.42. The van der Waals surface area contributed by atoms with Crippen molar-refractivity contribution in [1.82, 2.24) is 15.1 Å². The van der Waals surface area contributed by atoms with Crippen LogP contribution in [-0.4, -0.2) is 34.9 Å². The molecule has 0 unspecified atom stereocenters. The molecule has 0 saturated heterocycles. The first-order chi connectivity index (χ1) is 11.4. The lowest BCUT2D eigenvalue weighted by molar-refractivity contribution is 0.0936. The van der Waals surface area contributed by atoms with Gasteiger partial charge >= 0.3 is 6.09 Å². The van der Waals surface area contributed by atoms with Crippen molar-refractivity contribution in [2.45, 2.75) is 33.4 Å². The van der Waals surface area contributed by atoms with Crippen LogP contribution in [0.3, 0.4) is 0 Å². The summed E-state index contributed by atoms with van der Waals surface area (Å²) in [5.41, 5.74) is 2.77. The molecule has 1 aromatic carbocycles. The van der Waals surface area contributed by atoms with E-state index in [9.17, 15) is 9.59 Å². The summed E-state index contributed by atoms with van der Waals surface area (Å²) in [4.78, 5) is 23.9. The molecule has 0 bridgehead atoms. The Morgan fingerprint density at radius 1 is 1.29 bits per heavy atom. The summed E-state index contributed by atoms with van der Waals surface area (Å²) in [6, 6.07) is 8.64. The van der Waals surface area contributed by atoms with Crippen LogP contribution in [0.25, 0.3) is 0 Å². The third-order valence-electron chi connectivity index (χ3n) is 3.52. The van der Waals surface area contributed by atoms with Gasteiger partial charge in [0.25, 0.3) is 5.91 Å². The zero-order valence-corrected chi connectivity index (χ0v) is 14.3. The number of carbonyl (C=O) groups excluding carboxylic acids is 2. The van der Waals surface area contributed by atoms with E-state index in [-0.39, 0.29) is 11.9 Å². The van der Waals surface area contributed by atoms with Gasteiger partial charge in [-0.25, -0.2) is 4.79 Å². The number of carbonyl (C=O) groups is 2. The maximum atomic E-state index is 12.5. The monoisotopic (exact) mass is 330 g/mol. The van der Waals surface area contributed by atoms with E-state index >= 15 is 0 Å². The van der Waals surface area contributed by atoms with Crippen LogP contribution in [0.5, 0.6) is 0 Å². The summed E-state index contributed by atoms with van der Waals surface area (Å²) in [6.07, 6.45) is -0.620. The minimum atomic E-state index is -0.620. The standard InChI is InChI=1S/C17H22N4O3/c1-11-9-13(3)21(20-11)10-12(2)18-16(22)14-7-5-6-8-15(14)19-17(23)24-4/h5-9,12H,10H2,1-4H3,(H,18,22)(H,19,23)/t12-/m1/s1. The molecule has 2 rings (SSSR count). The zero-order chi connectivity index (χ0) is 17.7. The van der Waals surface area contributed by atoms with Gasteiger partial charge in [-0.1, -0.05) is 12.1 Å². The minimum absolute atomic E-state index is 0.123. The number of hydrogen-bond donors (Lipinski definition) is 2. The number of aromatic nitrogens is 2. The van der Waals surface area contributed by atoms with Gasteiger partial charge in [0, 0.05) is 11.7 Å². The number of anilines is 1. The average molecular weight is 330 g/mol. The first-order valence-electron chi connectivity index (χ1n) is 7.66. The molecule has 1 aromatic heterocycles. The topological polar surface area (TPSA) is 85.2 Å². The Morgan fingerprint density at radius 3 is 2.62 bits per heavy atom. The molecular formula is C17H22N4O3. The Labute approximate surface area is 141 Å². The van der Waals surface area contributed by atoms with Gasteiger partial charge in [-0.3, -0.25) is 14.8 Å². The van der Waals surface area contributed by atoms with Gasteiger partial charge in [-0.05, 0) is 39.0 Å². The summed E-state index contributed by atoms with van der Waals surface area (Å²) in [5, 5.41) is 9.85. The van der Waals surface area contributed by atoms with E-state index < -0.39 is 6.09 Å². The van der Waals surface area contributed by atoms with Crippen LogP contribution in [0.2, 0.25) is 0 Å². The van der Waals surface area contributed by atoms with Crippen molar-refractivity contribution in [2.75, 3.05) is 12.4 Å². The lowest BCUT2D eigenvalue weighted by Crippen LogP contribution is -2.36. The first kappa shape index (κ1) is 17.5. The maximum Gasteiger partial charge on any atom is 0.411 e. The highest BCUT2D eigenvalue weighted by atomic mass is 16.5. The lowest BCUT2D eigenvalue weighted by atomic mass is 10.1. The second kappa shape index (κ2) is 7.63. The van der Waals surface area contributed by atoms with Crippen LogP contribution < -0.4 is 10.6 Å². The zero-order valence-electron chi connectivity index (χ0n) is 14.3. The number of para-hydroxylation sites is 1. The fourth-order valence-electron chi connectivity index (χ4n) is 2.42. The van der Waals surface area contributed by atoms with Crippen LogP contribution in [-0.2, 0) is 11.3 Å². The summed E-state index contributed by atoms with van der Waals surface area (Å²) >= 11 is 0. The number of amides is 2. The van der Waals surface area contributed by atoms with Gasteiger partial charge in [0.05, 0.1) is 30.6 Å². The van der Waals surface area contributed by atoms with Crippen molar-refractivity contribution in [3.63, 3.8) is 0 Å². The highest BCUT2D eigenvalue weighted by Crippen LogP contribution is 2.15. The Hall–Kier alpha value is -2.83. The Kier molecular flexibility index (Phi) is 5.57. The van der Waals surface area contributed by atoms with Crippen LogP contribution in [0.15, 0.2) is 30.3 Å². The van der Waals surface area contributed by atoms with Gasteiger partial charge in [0.1, 0.15) is 0 Å². The van der Waals surface area contributed by atoms with E-state index in [1.165, 1.54) is 7.11 Å². The van der Waals surface area contributed by atoms with E-state index in [0.29, 0.717) is 17.8 Å². The molecule has 1 atom stereocenters. The molecule has 1 heterocycles. The summed E-state index contributed by atoms with van der Waals surface area (Å²) in [6.45, 7) is 6.38. The number of methoxy groups -OCH3 is 1. The molecule has 24 heavy (non-hydrogen) atoms. The van der Waals surface area contributed by atoms with Gasteiger partial charge in [-0.2, -0.15) is 5.10 Å². The summed E-state index contributed by atoms with van der Waals surface area (Å²) < 4.78 is 6.43. The van der Waals surface area contributed by atoms with Crippen molar-refractivity contribution in [2.24, 2.45) is 0 Å². The molecular weight excluding hydrogens is 308 g/mol. The predicted molar refractivity (Wildman–Crippen MR) is 91.1 cm³/mol. The SMILES string of the molecule is COC(=O)Nc1ccccc1C(=O)N[C@H](C)Cn1nc(C)cc1C. The van der Waals surface area contributed by atoms with E-state index in [4.69, 9.17) is 0 Å². The first-order valence-corrected chi connectivity index (χ1v) is 7.66. The Morgan fingerprint density at radius 2 is 2.00 bits per heavy atom. The van der Waals surface area contributed by atoms with Crippen LogP contribution in [0, 0.1) is 13.8 Å². The van der Waals surface area contributed by atoms with Crippen molar-refractivity contribution >= 4 is 17.7 Å². The number of nitrogens with one attached hydrogen (secondary N) is 2. The predicted octanol–water partition coefficient (Wildman–Crippen LogP) is 2.50. The van der Waals surface area contributed by atoms with Crippen molar-refractivity contribution in [3.8, 4) is 0 Å². The van der Waals surface area contributed by atoms with E-state index in [2.05, 4.69) is 20.5 Å². The van der Waals surface area contributed by atoms with Gasteiger partial charge < -0.3 is 10.1 Å². The van der Waals surface area contributed by atoms with Crippen molar-refractivity contribution in [1.29, 1.82) is 0 Å². The minimum Gasteiger partial charge on any atom is -0.453 e. The lowest BCUT2D eigenvalue weighted by Gasteiger charge is -2.16.